The number of hydrogen-bond donors (Lipinski definition) is 0. The molecule has 3 nitrogen and oxygen atoms in total. The van der Waals surface area contributed by atoms with Gasteiger partial charge in [-0.2, -0.15) is 0 Å². The highest BCUT2D eigenvalue weighted by molar-refractivity contribution is 7.99. The molecule has 0 aliphatic carbocycles. The van der Waals surface area contributed by atoms with Gasteiger partial charge in [0.25, 0.3) is 0 Å². The number of hydrogen-bond acceptors (Lipinski definition) is 3. The summed E-state index contributed by atoms with van der Waals surface area (Å²) in [4.78, 5) is 15.1. The number of amides is 1. The normalized spacial score (nSPS) is 17.9. The van der Waals surface area contributed by atoms with Crippen LogP contribution in [-0.2, 0) is 11.4 Å². The average Bonchev–Trinajstić information content (AvgIpc) is 3.16. The molecule has 156 valence electrons. The molecule has 0 N–H and O–H groups in total. The van der Waals surface area contributed by atoms with Gasteiger partial charge in [0.15, 0.2) is 0 Å². The molecule has 2 aromatic carbocycles. The third-order valence-corrected chi connectivity index (χ3v) is 6.35. The molecule has 1 heterocycles. The van der Waals surface area contributed by atoms with Crippen molar-refractivity contribution in [2.24, 2.45) is 11.3 Å². The van der Waals surface area contributed by atoms with Gasteiger partial charge in [-0.05, 0) is 41.0 Å². The molecule has 3 rings (SSSR count). The highest BCUT2D eigenvalue weighted by atomic mass is 32.2. The zero-order valence-corrected chi connectivity index (χ0v) is 18.9. The minimum Gasteiger partial charge on any atom is -0.489 e. The van der Waals surface area contributed by atoms with Gasteiger partial charge in [-0.3, -0.25) is 4.79 Å². The first kappa shape index (κ1) is 21.8. The summed E-state index contributed by atoms with van der Waals surface area (Å²) in [5.41, 5.74) is 2.55. The Labute approximate surface area is 179 Å². The molecule has 2 unspecified atom stereocenters. The third-order valence-electron chi connectivity index (χ3n) is 5.09. The Hall–Kier alpha value is -1.94. The topological polar surface area (TPSA) is 29.5 Å². The van der Waals surface area contributed by atoms with Gasteiger partial charge >= 0.3 is 0 Å². The van der Waals surface area contributed by atoms with Gasteiger partial charge < -0.3 is 9.64 Å². The fourth-order valence-corrected chi connectivity index (χ4v) is 5.30. The van der Waals surface area contributed by atoms with E-state index in [1.54, 1.807) is 0 Å². The smallest absolute Gasteiger partial charge is 0.224 e. The second-order valence-electron chi connectivity index (χ2n) is 9.23. The number of rotatable bonds is 7. The lowest BCUT2D eigenvalue weighted by molar-refractivity contribution is -0.132. The predicted molar refractivity (Wildman–Crippen MR) is 122 cm³/mol. The van der Waals surface area contributed by atoms with E-state index in [0.717, 1.165) is 35.6 Å². The summed E-state index contributed by atoms with van der Waals surface area (Å²) in [5.74, 6) is 2.51. The fraction of sp³-hybridized carbons (Fsp3) is 0.480. The molecule has 1 aliphatic rings. The maximum atomic E-state index is 13.0. The summed E-state index contributed by atoms with van der Waals surface area (Å²) in [6, 6.07) is 18.4. The number of carbonyl (C=O) groups is 1. The van der Waals surface area contributed by atoms with E-state index in [0.29, 0.717) is 18.9 Å². The fourth-order valence-electron chi connectivity index (χ4n) is 4.03. The lowest BCUT2D eigenvalue weighted by atomic mass is 9.84. The second-order valence-corrected chi connectivity index (χ2v) is 10.4. The van der Waals surface area contributed by atoms with Crippen LogP contribution in [0, 0.1) is 11.3 Å². The van der Waals surface area contributed by atoms with Crippen molar-refractivity contribution in [2.45, 2.75) is 52.5 Å². The first-order valence-corrected chi connectivity index (χ1v) is 11.5. The van der Waals surface area contributed by atoms with Crippen molar-refractivity contribution >= 4 is 17.7 Å². The Bertz CT molecular complexity index is 800. The van der Waals surface area contributed by atoms with Crippen molar-refractivity contribution in [3.63, 3.8) is 0 Å². The summed E-state index contributed by atoms with van der Waals surface area (Å²) < 4.78 is 5.99. The molecule has 0 radical (unpaired) electrons. The molecule has 1 amide bonds. The van der Waals surface area contributed by atoms with Crippen LogP contribution in [0.2, 0.25) is 0 Å². The van der Waals surface area contributed by atoms with Gasteiger partial charge in [-0.25, -0.2) is 0 Å². The van der Waals surface area contributed by atoms with E-state index in [1.165, 1.54) is 0 Å². The number of ether oxygens (including phenoxy) is 1. The molecule has 1 saturated heterocycles. The second kappa shape index (κ2) is 9.71. The summed E-state index contributed by atoms with van der Waals surface area (Å²) in [6.07, 6.45) is 1.69. The minimum atomic E-state index is 0.0876. The van der Waals surface area contributed by atoms with Crippen LogP contribution in [0.3, 0.4) is 0 Å². The van der Waals surface area contributed by atoms with Crippen LogP contribution in [0.1, 0.15) is 57.0 Å². The summed E-state index contributed by atoms with van der Waals surface area (Å²) in [7, 11) is 0. The number of nitrogens with zero attached hydrogens (tertiary/aromatic N) is 1. The summed E-state index contributed by atoms with van der Waals surface area (Å²) in [5, 5.41) is 0.0876. The number of carbonyl (C=O) groups excluding carboxylic acids is 1. The third kappa shape index (κ3) is 6.53. The molecule has 29 heavy (non-hydrogen) atoms. The molecule has 1 aliphatic heterocycles. The minimum absolute atomic E-state index is 0.0876. The van der Waals surface area contributed by atoms with Crippen molar-refractivity contribution in [1.82, 2.24) is 4.90 Å². The molecule has 1 fully saturated rings. The molecule has 0 aromatic heterocycles. The molecular formula is C25H33NO2S. The van der Waals surface area contributed by atoms with Gasteiger partial charge in [0.05, 0.1) is 0 Å². The largest absolute Gasteiger partial charge is 0.489 e. The van der Waals surface area contributed by atoms with E-state index < -0.39 is 0 Å². The van der Waals surface area contributed by atoms with E-state index in [1.807, 2.05) is 42.1 Å². The highest BCUT2D eigenvalue weighted by Crippen LogP contribution is 2.40. The number of benzene rings is 2. The van der Waals surface area contributed by atoms with E-state index in [2.05, 4.69) is 56.9 Å². The molecule has 0 bridgehead atoms. The lowest BCUT2D eigenvalue weighted by Gasteiger charge is -2.28. The molecule has 2 atom stereocenters. The first-order chi connectivity index (χ1) is 13.8. The first-order valence-electron chi connectivity index (χ1n) is 10.5. The maximum Gasteiger partial charge on any atom is 0.224 e. The van der Waals surface area contributed by atoms with Crippen LogP contribution in [-0.4, -0.2) is 23.1 Å². The Kier molecular flexibility index (Phi) is 7.28. The van der Waals surface area contributed by atoms with Crippen molar-refractivity contribution in [3.8, 4) is 5.75 Å². The summed E-state index contributed by atoms with van der Waals surface area (Å²) in [6.45, 7) is 10.3. The standard InChI is InChI=1S/C25H33NO2S/c1-19(17-25(2,3)4)15-23(27)26-13-14-29-24(26)21-11-8-12-22(16-21)28-18-20-9-6-5-7-10-20/h5-12,16,19,24H,13-15,17-18H2,1-4H3. The predicted octanol–water partition coefficient (Wildman–Crippen LogP) is 6.30. The van der Waals surface area contributed by atoms with Crippen LogP contribution in [0.4, 0.5) is 0 Å². The molecule has 0 saturated carbocycles. The van der Waals surface area contributed by atoms with Gasteiger partial charge in [-0.15, -0.1) is 11.8 Å². The van der Waals surface area contributed by atoms with Crippen molar-refractivity contribution in [1.29, 1.82) is 0 Å². The van der Waals surface area contributed by atoms with Gasteiger partial charge in [0.1, 0.15) is 17.7 Å². The molecular weight excluding hydrogens is 378 g/mol. The maximum absolute atomic E-state index is 13.0. The van der Waals surface area contributed by atoms with E-state index in [9.17, 15) is 4.79 Å². The monoisotopic (exact) mass is 411 g/mol. The Balaban J connectivity index is 1.63. The van der Waals surface area contributed by atoms with Gasteiger partial charge in [0, 0.05) is 18.7 Å². The Morgan fingerprint density at radius 2 is 1.93 bits per heavy atom. The van der Waals surface area contributed by atoms with Crippen LogP contribution in [0.25, 0.3) is 0 Å². The van der Waals surface area contributed by atoms with Crippen molar-refractivity contribution in [3.05, 3.63) is 65.7 Å². The van der Waals surface area contributed by atoms with Gasteiger partial charge in [-0.1, -0.05) is 70.2 Å². The SMILES string of the molecule is CC(CC(=O)N1CCSC1c1cccc(OCc2ccccc2)c1)CC(C)(C)C. The Morgan fingerprint density at radius 1 is 1.17 bits per heavy atom. The lowest BCUT2D eigenvalue weighted by Crippen LogP contribution is -2.32. The van der Waals surface area contributed by atoms with Crippen molar-refractivity contribution in [2.75, 3.05) is 12.3 Å². The van der Waals surface area contributed by atoms with E-state index in [-0.39, 0.29) is 16.7 Å². The Morgan fingerprint density at radius 3 is 2.66 bits per heavy atom. The zero-order chi connectivity index (χ0) is 20.9. The zero-order valence-electron chi connectivity index (χ0n) is 18.1. The summed E-state index contributed by atoms with van der Waals surface area (Å²) >= 11 is 1.84. The van der Waals surface area contributed by atoms with Crippen molar-refractivity contribution < 1.29 is 9.53 Å². The van der Waals surface area contributed by atoms with Crippen LogP contribution in [0.5, 0.6) is 5.75 Å². The molecule has 4 heteroatoms. The van der Waals surface area contributed by atoms with E-state index in [4.69, 9.17) is 4.74 Å². The number of thioether (sulfide) groups is 1. The quantitative estimate of drug-likeness (QED) is 0.535. The molecule has 2 aromatic rings. The van der Waals surface area contributed by atoms with E-state index >= 15 is 0 Å². The van der Waals surface area contributed by atoms with Crippen LogP contribution in [0.15, 0.2) is 54.6 Å². The highest BCUT2D eigenvalue weighted by Gasteiger charge is 2.31. The molecule has 0 spiro atoms. The van der Waals surface area contributed by atoms with Crippen LogP contribution >= 0.6 is 11.8 Å². The average molecular weight is 412 g/mol. The van der Waals surface area contributed by atoms with Gasteiger partial charge in [0.2, 0.25) is 5.91 Å². The van der Waals surface area contributed by atoms with Crippen LogP contribution < -0.4 is 4.74 Å².